The van der Waals surface area contributed by atoms with E-state index in [1.807, 2.05) is 4.90 Å². The molecule has 0 spiro atoms. The Balaban J connectivity index is 0.00000200. The van der Waals surface area contributed by atoms with Crippen LogP contribution in [-0.4, -0.2) is 59.7 Å². The lowest BCUT2D eigenvalue weighted by molar-refractivity contribution is 0.0371. The summed E-state index contributed by atoms with van der Waals surface area (Å²) in [7, 11) is 0. The average Bonchev–Trinajstić information content (AvgIpc) is 2.40. The molecular weight excluding hydrogens is 286 g/mol. The number of carbonyl (C=O) groups is 2. The zero-order valence-corrected chi connectivity index (χ0v) is 11.6. The largest absolute Gasteiger partial charge is 0.507 e. The molecular formula is C13H16ClNO5. The molecule has 0 aromatic heterocycles. The third kappa shape index (κ3) is 3.93. The lowest BCUT2D eigenvalue weighted by Gasteiger charge is -2.25. The van der Waals surface area contributed by atoms with Crippen LogP contribution in [0.1, 0.15) is 20.7 Å². The van der Waals surface area contributed by atoms with Crippen molar-refractivity contribution < 1.29 is 24.5 Å². The van der Waals surface area contributed by atoms with Gasteiger partial charge in [-0.05, 0) is 18.2 Å². The number of hydrogen-bond donors (Lipinski definition) is 2. The van der Waals surface area contributed by atoms with E-state index in [9.17, 15) is 14.7 Å². The predicted octanol–water partition coefficient (Wildman–Crippen LogP) is 1.03. The number of rotatable bonds is 4. The number of ketones is 1. The van der Waals surface area contributed by atoms with Crippen LogP contribution >= 0.6 is 12.4 Å². The number of ether oxygens (including phenoxy) is 1. The Morgan fingerprint density at radius 2 is 1.90 bits per heavy atom. The van der Waals surface area contributed by atoms with E-state index in [1.165, 1.54) is 18.2 Å². The normalized spacial score (nSPS) is 15.4. The van der Waals surface area contributed by atoms with Gasteiger partial charge in [-0.1, -0.05) is 0 Å². The second kappa shape index (κ2) is 7.23. The Kier molecular flexibility index (Phi) is 5.94. The van der Waals surface area contributed by atoms with E-state index in [4.69, 9.17) is 9.84 Å². The van der Waals surface area contributed by atoms with Gasteiger partial charge >= 0.3 is 5.97 Å². The SMILES string of the molecule is Cl.O=C(CN1CCOCC1)c1ccc(O)c(C(=O)O)c1. The number of nitrogens with zero attached hydrogens (tertiary/aromatic N) is 1. The summed E-state index contributed by atoms with van der Waals surface area (Å²) in [6.07, 6.45) is 0. The van der Waals surface area contributed by atoms with Crippen molar-refractivity contribution in [2.24, 2.45) is 0 Å². The number of aromatic carboxylic acids is 1. The fourth-order valence-corrected chi connectivity index (χ4v) is 1.93. The van der Waals surface area contributed by atoms with E-state index in [0.29, 0.717) is 31.9 Å². The number of Topliss-reactive ketones (excluding diaryl/α,β-unsaturated/α-hetero) is 1. The molecule has 110 valence electrons. The van der Waals surface area contributed by atoms with Gasteiger partial charge in [0, 0.05) is 18.7 Å². The number of morpholine rings is 1. The van der Waals surface area contributed by atoms with Crippen molar-refractivity contribution in [2.45, 2.75) is 0 Å². The van der Waals surface area contributed by atoms with Crippen LogP contribution < -0.4 is 0 Å². The molecule has 0 aliphatic carbocycles. The Morgan fingerprint density at radius 1 is 1.25 bits per heavy atom. The van der Waals surface area contributed by atoms with Crippen LogP contribution in [0.25, 0.3) is 0 Å². The molecule has 1 aliphatic rings. The highest BCUT2D eigenvalue weighted by molar-refractivity contribution is 6.01. The van der Waals surface area contributed by atoms with Gasteiger partial charge < -0.3 is 14.9 Å². The van der Waals surface area contributed by atoms with Crippen molar-refractivity contribution in [2.75, 3.05) is 32.8 Å². The predicted molar refractivity (Wildman–Crippen MR) is 73.9 cm³/mol. The van der Waals surface area contributed by atoms with E-state index in [0.717, 1.165) is 0 Å². The first-order chi connectivity index (χ1) is 9.08. The molecule has 0 atom stereocenters. The number of carboxylic acids is 1. The van der Waals surface area contributed by atoms with Gasteiger partial charge in [-0.2, -0.15) is 0 Å². The number of carbonyl (C=O) groups excluding carboxylic acids is 1. The summed E-state index contributed by atoms with van der Waals surface area (Å²) in [5, 5.41) is 18.3. The minimum Gasteiger partial charge on any atom is -0.507 e. The first-order valence-electron chi connectivity index (χ1n) is 5.97. The Hall–Kier alpha value is -1.63. The number of aromatic hydroxyl groups is 1. The van der Waals surface area contributed by atoms with Gasteiger partial charge in [-0.3, -0.25) is 9.69 Å². The molecule has 1 heterocycles. The molecule has 1 aliphatic heterocycles. The maximum Gasteiger partial charge on any atom is 0.339 e. The van der Waals surface area contributed by atoms with Gasteiger partial charge in [0.15, 0.2) is 5.78 Å². The molecule has 0 radical (unpaired) electrons. The standard InChI is InChI=1S/C13H15NO5.ClH/c15-11-2-1-9(7-10(11)13(17)18)12(16)8-14-3-5-19-6-4-14;/h1-2,7,15H,3-6,8H2,(H,17,18);1H. The van der Waals surface area contributed by atoms with Gasteiger partial charge in [-0.15, -0.1) is 12.4 Å². The van der Waals surface area contributed by atoms with Crippen molar-refractivity contribution in [3.8, 4) is 5.75 Å². The lowest BCUT2D eigenvalue weighted by Crippen LogP contribution is -2.39. The third-order valence-electron chi connectivity index (χ3n) is 3.02. The van der Waals surface area contributed by atoms with Crippen molar-refractivity contribution >= 4 is 24.2 Å². The molecule has 1 aromatic rings. The highest BCUT2D eigenvalue weighted by Gasteiger charge is 2.18. The number of carboxylic acid groups (broad SMARTS) is 1. The molecule has 6 nitrogen and oxygen atoms in total. The first-order valence-corrected chi connectivity index (χ1v) is 5.97. The number of hydrogen-bond acceptors (Lipinski definition) is 5. The van der Waals surface area contributed by atoms with Crippen LogP contribution in [0.5, 0.6) is 5.75 Å². The molecule has 20 heavy (non-hydrogen) atoms. The first kappa shape index (κ1) is 16.4. The second-order valence-electron chi connectivity index (χ2n) is 4.35. The molecule has 2 rings (SSSR count). The van der Waals surface area contributed by atoms with Crippen LogP contribution in [0.2, 0.25) is 0 Å². The van der Waals surface area contributed by atoms with E-state index in [-0.39, 0.29) is 36.0 Å². The maximum atomic E-state index is 12.0. The zero-order chi connectivity index (χ0) is 13.8. The summed E-state index contributed by atoms with van der Waals surface area (Å²) in [6, 6.07) is 3.88. The molecule has 1 aromatic carbocycles. The zero-order valence-electron chi connectivity index (χ0n) is 10.7. The molecule has 1 saturated heterocycles. The summed E-state index contributed by atoms with van der Waals surface area (Å²) in [5.41, 5.74) is 0.0366. The molecule has 0 amide bonds. The highest BCUT2D eigenvalue weighted by Crippen LogP contribution is 2.19. The van der Waals surface area contributed by atoms with Gasteiger partial charge in [0.2, 0.25) is 0 Å². The van der Waals surface area contributed by atoms with E-state index in [1.54, 1.807) is 0 Å². The van der Waals surface area contributed by atoms with Crippen LogP contribution in [0.3, 0.4) is 0 Å². The molecule has 7 heteroatoms. The molecule has 1 fully saturated rings. The Bertz CT molecular complexity index is 500. The quantitative estimate of drug-likeness (QED) is 0.808. The summed E-state index contributed by atoms with van der Waals surface area (Å²) in [4.78, 5) is 24.9. The van der Waals surface area contributed by atoms with Gasteiger partial charge in [0.05, 0.1) is 19.8 Å². The minimum absolute atomic E-state index is 0. The third-order valence-corrected chi connectivity index (χ3v) is 3.02. The van der Waals surface area contributed by atoms with Crippen molar-refractivity contribution in [3.63, 3.8) is 0 Å². The number of halogens is 1. The van der Waals surface area contributed by atoms with Gasteiger partial charge in [0.25, 0.3) is 0 Å². The summed E-state index contributed by atoms with van der Waals surface area (Å²) in [5.74, 6) is -1.75. The molecule has 0 bridgehead atoms. The maximum absolute atomic E-state index is 12.0. The monoisotopic (exact) mass is 301 g/mol. The van der Waals surface area contributed by atoms with Crippen LogP contribution in [0, 0.1) is 0 Å². The van der Waals surface area contributed by atoms with Crippen LogP contribution in [-0.2, 0) is 4.74 Å². The number of phenols is 1. The summed E-state index contributed by atoms with van der Waals surface area (Å²) >= 11 is 0. The van der Waals surface area contributed by atoms with Crippen LogP contribution in [0.4, 0.5) is 0 Å². The Labute approximate surface area is 122 Å². The molecule has 0 saturated carbocycles. The minimum atomic E-state index is -1.25. The fourth-order valence-electron chi connectivity index (χ4n) is 1.93. The molecule has 2 N–H and O–H groups in total. The van der Waals surface area contributed by atoms with Crippen molar-refractivity contribution in [3.05, 3.63) is 29.3 Å². The molecule has 0 unspecified atom stereocenters. The van der Waals surface area contributed by atoms with Crippen LogP contribution in [0.15, 0.2) is 18.2 Å². The highest BCUT2D eigenvalue weighted by atomic mass is 35.5. The fraction of sp³-hybridized carbons (Fsp3) is 0.385. The summed E-state index contributed by atoms with van der Waals surface area (Å²) in [6.45, 7) is 2.81. The second-order valence-corrected chi connectivity index (χ2v) is 4.35. The van der Waals surface area contributed by atoms with Gasteiger partial charge in [0.1, 0.15) is 11.3 Å². The van der Waals surface area contributed by atoms with Crippen molar-refractivity contribution in [1.82, 2.24) is 4.90 Å². The van der Waals surface area contributed by atoms with Crippen molar-refractivity contribution in [1.29, 1.82) is 0 Å². The van der Waals surface area contributed by atoms with E-state index in [2.05, 4.69) is 0 Å². The number of benzene rings is 1. The summed E-state index contributed by atoms with van der Waals surface area (Å²) < 4.78 is 5.19. The smallest absolute Gasteiger partial charge is 0.339 e. The lowest BCUT2D eigenvalue weighted by atomic mass is 10.1. The van der Waals surface area contributed by atoms with E-state index >= 15 is 0 Å². The van der Waals surface area contributed by atoms with Gasteiger partial charge in [-0.25, -0.2) is 4.79 Å². The Morgan fingerprint density at radius 3 is 2.50 bits per heavy atom. The topological polar surface area (TPSA) is 87.1 Å². The average molecular weight is 302 g/mol. The van der Waals surface area contributed by atoms with E-state index < -0.39 is 5.97 Å².